The Morgan fingerprint density at radius 1 is 1.09 bits per heavy atom. The minimum atomic E-state index is -3.16. The summed E-state index contributed by atoms with van der Waals surface area (Å²) in [7, 11) is -3.16. The molecule has 2 aromatic heterocycles. The number of thiophene rings is 1. The number of carbonyl (C=O) groups is 1. The molecular formula is C26H34N4O3S2. The summed E-state index contributed by atoms with van der Waals surface area (Å²) in [4.78, 5) is 19.5. The number of rotatable bonds is 7. The van der Waals surface area contributed by atoms with Gasteiger partial charge in [-0.3, -0.25) is 9.69 Å². The summed E-state index contributed by atoms with van der Waals surface area (Å²) < 4.78 is 26.2. The van der Waals surface area contributed by atoms with Gasteiger partial charge in [0, 0.05) is 36.1 Å². The van der Waals surface area contributed by atoms with Crippen molar-refractivity contribution in [2.24, 2.45) is 5.73 Å². The first-order chi connectivity index (χ1) is 16.9. The van der Waals surface area contributed by atoms with Gasteiger partial charge in [0.2, 0.25) is 10.0 Å². The van der Waals surface area contributed by atoms with Crippen LogP contribution in [0.2, 0.25) is 0 Å². The van der Waals surface area contributed by atoms with Gasteiger partial charge in [0.25, 0.3) is 5.91 Å². The van der Waals surface area contributed by atoms with Crippen LogP contribution in [0.3, 0.4) is 0 Å². The number of benzene rings is 1. The van der Waals surface area contributed by atoms with E-state index in [4.69, 9.17) is 5.73 Å². The minimum Gasteiger partial charge on any atom is -0.366 e. The normalized spacial score (nSPS) is 18.9. The average molecular weight is 515 g/mol. The van der Waals surface area contributed by atoms with E-state index in [1.54, 1.807) is 22.6 Å². The van der Waals surface area contributed by atoms with Crippen molar-refractivity contribution in [2.45, 2.75) is 51.5 Å². The Hall–Kier alpha value is -2.20. The van der Waals surface area contributed by atoms with Gasteiger partial charge in [-0.05, 0) is 91.9 Å². The van der Waals surface area contributed by atoms with Gasteiger partial charge in [0.15, 0.2) is 0 Å². The number of aromatic amines is 1. The Morgan fingerprint density at radius 2 is 1.83 bits per heavy atom. The maximum atomic E-state index is 12.4. The molecule has 9 heteroatoms. The number of fused-ring (bicyclic) bond motifs is 1. The minimum absolute atomic E-state index is 0.135. The van der Waals surface area contributed by atoms with Crippen molar-refractivity contribution in [1.29, 1.82) is 0 Å². The number of hydrogen-bond acceptors (Lipinski definition) is 5. The fourth-order valence-electron chi connectivity index (χ4n) is 5.53. The molecule has 1 amide bonds. The summed E-state index contributed by atoms with van der Waals surface area (Å²) in [5, 5.41) is 3.18. The first-order valence-electron chi connectivity index (χ1n) is 12.6. The Bertz CT molecular complexity index is 1310. The zero-order valence-corrected chi connectivity index (χ0v) is 21.9. The second-order valence-corrected chi connectivity index (χ2v) is 13.0. The number of primary amides is 1. The number of nitrogens with zero attached hydrogens (tertiary/aromatic N) is 2. The Kier molecular flexibility index (Phi) is 7.03. The molecule has 0 aliphatic carbocycles. The number of carbonyl (C=O) groups excluding carboxylic acids is 1. The van der Waals surface area contributed by atoms with Crippen molar-refractivity contribution in [3.05, 3.63) is 45.8 Å². The van der Waals surface area contributed by atoms with Crippen molar-refractivity contribution < 1.29 is 13.2 Å². The molecule has 2 saturated heterocycles. The number of sulfonamides is 1. The van der Waals surface area contributed by atoms with E-state index in [2.05, 4.69) is 27.4 Å². The first kappa shape index (κ1) is 24.5. The van der Waals surface area contributed by atoms with Crippen LogP contribution in [0.15, 0.2) is 29.8 Å². The predicted molar refractivity (Wildman–Crippen MR) is 142 cm³/mol. The summed E-state index contributed by atoms with van der Waals surface area (Å²) >= 11 is 1.77. The number of H-pyrrole nitrogens is 1. The molecule has 0 bridgehead atoms. The Balaban J connectivity index is 1.44. The number of nitrogens with one attached hydrogen (secondary N) is 1. The predicted octanol–water partition coefficient (Wildman–Crippen LogP) is 4.51. The zero-order valence-electron chi connectivity index (χ0n) is 20.3. The van der Waals surface area contributed by atoms with E-state index in [9.17, 15) is 13.2 Å². The highest BCUT2D eigenvalue weighted by Gasteiger charge is 2.29. The third kappa shape index (κ3) is 5.05. The van der Waals surface area contributed by atoms with Crippen LogP contribution in [-0.2, 0) is 16.6 Å². The molecule has 2 aliphatic rings. The molecule has 3 aromatic rings. The van der Waals surface area contributed by atoms with Gasteiger partial charge in [0.05, 0.1) is 16.8 Å². The van der Waals surface area contributed by atoms with E-state index in [0.29, 0.717) is 18.7 Å². The topological polar surface area (TPSA) is 99.5 Å². The van der Waals surface area contributed by atoms with Gasteiger partial charge >= 0.3 is 0 Å². The van der Waals surface area contributed by atoms with Crippen LogP contribution in [0.4, 0.5) is 0 Å². The monoisotopic (exact) mass is 514 g/mol. The third-order valence-corrected chi connectivity index (χ3v) is 10.4. The second-order valence-electron chi connectivity index (χ2n) is 9.77. The summed E-state index contributed by atoms with van der Waals surface area (Å²) in [5.74, 6) is -0.0748. The van der Waals surface area contributed by atoms with Crippen LogP contribution in [0.25, 0.3) is 22.0 Å². The van der Waals surface area contributed by atoms with Crippen LogP contribution in [0, 0.1) is 0 Å². The van der Waals surface area contributed by atoms with Gasteiger partial charge in [0.1, 0.15) is 0 Å². The number of amides is 1. The van der Waals surface area contributed by atoms with Gasteiger partial charge in [-0.15, -0.1) is 11.3 Å². The fourth-order valence-corrected chi connectivity index (χ4v) is 7.60. The van der Waals surface area contributed by atoms with E-state index in [0.717, 1.165) is 60.1 Å². The molecular weight excluding hydrogens is 480 g/mol. The highest BCUT2D eigenvalue weighted by atomic mass is 32.2. The number of nitrogens with two attached hydrogens (primary N) is 1. The quantitative estimate of drug-likeness (QED) is 0.485. The lowest BCUT2D eigenvalue weighted by Gasteiger charge is -2.31. The molecule has 0 saturated carbocycles. The Morgan fingerprint density at radius 3 is 2.51 bits per heavy atom. The fraction of sp³-hybridized carbons (Fsp3) is 0.500. The molecule has 4 heterocycles. The number of hydrogen-bond donors (Lipinski definition) is 2. The molecule has 2 aliphatic heterocycles. The molecule has 3 N–H and O–H groups in total. The van der Waals surface area contributed by atoms with Crippen molar-refractivity contribution in [1.82, 2.24) is 14.2 Å². The number of piperidine rings is 2. The molecule has 0 radical (unpaired) electrons. The Labute approximate surface area is 211 Å². The molecule has 0 spiro atoms. The van der Waals surface area contributed by atoms with Crippen molar-refractivity contribution in [2.75, 3.05) is 31.9 Å². The van der Waals surface area contributed by atoms with E-state index in [1.165, 1.54) is 24.1 Å². The summed E-state index contributed by atoms with van der Waals surface area (Å²) in [5.41, 5.74) is 10.3. The maximum absolute atomic E-state index is 12.4. The largest absolute Gasteiger partial charge is 0.366 e. The number of aromatic nitrogens is 1. The standard InChI is InChI=1S/C26H34N4O3S2/c1-2-35(32,33)30-10-6-18(7-11-30)24-15-28-25-22(24)13-19(14-23(25)26(27)31)20-12-21(34-17-20)16-29-8-4-3-5-9-29/h12-15,17-18,28H,2-11,16H2,1H3,(H2,27,31). The molecule has 35 heavy (non-hydrogen) atoms. The molecule has 2 fully saturated rings. The molecule has 188 valence electrons. The summed E-state index contributed by atoms with van der Waals surface area (Å²) in [6, 6.07) is 6.30. The van der Waals surface area contributed by atoms with Crippen LogP contribution >= 0.6 is 11.3 Å². The molecule has 1 aromatic carbocycles. The number of likely N-dealkylation sites (tertiary alicyclic amines) is 1. The molecule has 7 nitrogen and oxygen atoms in total. The first-order valence-corrected chi connectivity index (χ1v) is 15.1. The van der Waals surface area contributed by atoms with E-state index in [1.807, 2.05) is 12.3 Å². The lowest BCUT2D eigenvalue weighted by Crippen LogP contribution is -2.38. The SMILES string of the molecule is CCS(=O)(=O)N1CCC(c2c[nH]c3c(C(N)=O)cc(-c4csc(CN5CCCCC5)c4)cc23)CC1. The van der Waals surface area contributed by atoms with E-state index >= 15 is 0 Å². The lowest BCUT2D eigenvalue weighted by molar-refractivity contribution is 0.100. The van der Waals surface area contributed by atoms with Crippen LogP contribution in [0.1, 0.15) is 65.7 Å². The van der Waals surface area contributed by atoms with Gasteiger partial charge < -0.3 is 10.7 Å². The highest BCUT2D eigenvalue weighted by Crippen LogP contribution is 2.38. The summed E-state index contributed by atoms with van der Waals surface area (Å²) in [6.07, 6.45) is 7.38. The smallest absolute Gasteiger partial charge is 0.250 e. The maximum Gasteiger partial charge on any atom is 0.250 e. The van der Waals surface area contributed by atoms with Crippen molar-refractivity contribution >= 4 is 38.2 Å². The van der Waals surface area contributed by atoms with Crippen LogP contribution in [0.5, 0.6) is 0 Å². The second kappa shape index (κ2) is 10.0. The average Bonchev–Trinajstić information content (AvgIpc) is 3.51. The van der Waals surface area contributed by atoms with Crippen LogP contribution < -0.4 is 5.73 Å². The van der Waals surface area contributed by atoms with E-state index in [-0.39, 0.29) is 11.7 Å². The van der Waals surface area contributed by atoms with Crippen molar-refractivity contribution in [3.63, 3.8) is 0 Å². The third-order valence-electron chi connectivity index (χ3n) is 7.55. The van der Waals surface area contributed by atoms with Gasteiger partial charge in [-0.2, -0.15) is 0 Å². The van der Waals surface area contributed by atoms with Crippen molar-refractivity contribution in [3.8, 4) is 11.1 Å². The molecule has 5 rings (SSSR count). The van der Waals surface area contributed by atoms with Gasteiger partial charge in [-0.1, -0.05) is 6.42 Å². The van der Waals surface area contributed by atoms with Gasteiger partial charge in [-0.25, -0.2) is 12.7 Å². The molecule has 0 atom stereocenters. The zero-order chi connectivity index (χ0) is 24.6. The lowest BCUT2D eigenvalue weighted by atomic mass is 9.88. The van der Waals surface area contributed by atoms with E-state index < -0.39 is 15.9 Å². The molecule has 0 unspecified atom stereocenters. The van der Waals surface area contributed by atoms with Crippen LogP contribution in [-0.4, -0.2) is 60.4 Å². The highest BCUT2D eigenvalue weighted by molar-refractivity contribution is 7.89. The summed E-state index contributed by atoms with van der Waals surface area (Å²) in [6.45, 7) is 6.05.